The normalized spacial score (nSPS) is 25.1. The van der Waals surface area contributed by atoms with Crippen LogP contribution in [0.1, 0.15) is 38.5 Å². The molecule has 1 aliphatic carbocycles. The van der Waals surface area contributed by atoms with Gasteiger partial charge in [0.2, 0.25) is 0 Å². The number of ether oxygens (including phenoxy) is 1. The minimum atomic E-state index is -0.305. The minimum absolute atomic E-state index is 0.144. The van der Waals surface area contributed by atoms with Gasteiger partial charge in [-0.25, -0.2) is 4.39 Å². The van der Waals surface area contributed by atoms with E-state index < -0.39 is 0 Å². The molecule has 2 aliphatic rings. The third kappa shape index (κ3) is 2.87. The van der Waals surface area contributed by atoms with Gasteiger partial charge in [0, 0.05) is 11.6 Å². The number of halogens is 2. The second-order valence-electron chi connectivity index (χ2n) is 5.67. The highest BCUT2D eigenvalue weighted by Gasteiger charge is 2.41. The van der Waals surface area contributed by atoms with Crippen LogP contribution in [0, 0.1) is 5.82 Å². The van der Waals surface area contributed by atoms with E-state index in [9.17, 15) is 4.39 Å². The minimum Gasteiger partial charge on any atom is -0.380 e. The molecule has 1 saturated carbocycles. The summed E-state index contributed by atoms with van der Waals surface area (Å²) in [5, 5.41) is 3.55. The van der Waals surface area contributed by atoms with Crippen molar-refractivity contribution in [1.29, 1.82) is 0 Å². The number of hydrogen-bond donors (Lipinski definition) is 1. The molecule has 0 aromatic heterocycles. The number of nitrogens with one attached hydrogen (secondary N) is 1. The third-order valence-electron chi connectivity index (χ3n) is 4.30. The largest absolute Gasteiger partial charge is 0.380 e. The van der Waals surface area contributed by atoms with Crippen LogP contribution in [-0.2, 0) is 4.74 Å². The van der Waals surface area contributed by atoms with Gasteiger partial charge in [-0.15, -0.1) is 0 Å². The number of hydrogen-bond acceptors (Lipinski definition) is 2. The zero-order valence-corrected chi connectivity index (χ0v) is 11.7. The zero-order valence-electron chi connectivity index (χ0n) is 10.9. The van der Waals surface area contributed by atoms with Crippen molar-refractivity contribution in [1.82, 2.24) is 0 Å². The molecule has 1 aromatic rings. The van der Waals surface area contributed by atoms with E-state index in [2.05, 4.69) is 5.32 Å². The summed E-state index contributed by atoms with van der Waals surface area (Å²) >= 11 is 5.73. The van der Waals surface area contributed by atoms with Gasteiger partial charge in [-0.05, 0) is 43.9 Å². The lowest BCUT2D eigenvalue weighted by molar-refractivity contribution is -0.0307. The molecule has 1 spiro atoms. The van der Waals surface area contributed by atoms with E-state index in [-0.39, 0.29) is 17.5 Å². The Balaban J connectivity index is 1.55. The Hall–Kier alpha value is -0.800. The number of anilines is 1. The quantitative estimate of drug-likeness (QED) is 0.889. The molecule has 0 amide bonds. The van der Waals surface area contributed by atoms with Crippen LogP contribution in [0.4, 0.5) is 10.1 Å². The first-order chi connectivity index (χ1) is 9.17. The van der Waals surface area contributed by atoms with Crippen LogP contribution in [0.5, 0.6) is 0 Å². The Bertz CT molecular complexity index is 459. The predicted molar refractivity (Wildman–Crippen MR) is 75.2 cm³/mol. The molecule has 19 heavy (non-hydrogen) atoms. The molecule has 1 atom stereocenters. The molecule has 1 N–H and O–H groups in total. The molecule has 0 radical (unpaired) electrons. The van der Waals surface area contributed by atoms with E-state index in [1.54, 1.807) is 12.1 Å². The maximum Gasteiger partial charge on any atom is 0.147 e. The molecular weight excluding hydrogens is 265 g/mol. The van der Waals surface area contributed by atoms with Crippen molar-refractivity contribution in [3.8, 4) is 0 Å². The average molecular weight is 284 g/mol. The van der Waals surface area contributed by atoms with Crippen molar-refractivity contribution in [2.45, 2.75) is 50.2 Å². The second kappa shape index (κ2) is 5.29. The summed E-state index contributed by atoms with van der Waals surface area (Å²) in [6, 6.07) is 4.71. The molecule has 2 fully saturated rings. The van der Waals surface area contributed by atoms with Crippen molar-refractivity contribution >= 4 is 17.3 Å². The lowest BCUT2D eigenvalue weighted by Crippen LogP contribution is -2.28. The van der Waals surface area contributed by atoms with Gasteiger partial charge in [0.15, 0.2) is 0 Å². The molecule has 1 saturated heterocycles. The van der Waals surface area contributed by atoms with Gasteiger partial charge in [0.25, 0.3) is 0 Å². The van der Waals surface area contributed by atoms with E-state index in [1.165, 1.54) is 31.7 Å². The summed E-state index contributed by atoms with van der Waals surface area (Å²) in [7, 11) is 0. The van der Waals surface area contributed by atoms with E-state index in [0.29, 0.717) is 17.3 Å². The van der Waals surface area contributed by atoms with Crippen LogP contribution < -0.4 is 5.32 Å². The van der Waals surface area contributed by atoms with Gasteiger partial charge in [-0.3, -0.25) is 0 Å². The van der Waals surface area contributed by atoms with Gasteiger partial charge in [-0.1, -0.05) is 24.4 Å². The molecule has 1 aromatic carbocycles. The summed E-state index contributed by atoms with van der Waals surface area (Å²) < 4.78 is 19.8. The first-order valence-electron chi connectivity index (χ1n) is 7.04. The van der Waals surface area contributed by atoms with E-state index >= 15 is 0 Å². The number of rotatable bonds is 3. The van der Waals surface area contributed by atoms with Crippen molar-refractivity contribution in [3.63, 3.8) is 0 Å². The molecule has 0 bridgehead atoms. The van der Waals surface area contributed by atoms with Crippen LogP contribution in [0.25, 0.3) is 0 Å². The fraction of sp³-hybridized carbons (Fsp3) is 0.600. The van der Waals surface area contributed by atoms with Crippen LogP contribution in [0.2, 0.25) is 5.02 Å². The predicted octanol–water partition coefficient (Wildman–Crippen LogP) is 4.38. The monoisotopic (exact) mass is 283 g/mol. The van der Waals surface area contributed by atoms with Crippen molar-refractivity contribution in [2.24, 2.45) is 0 Å². The average Bonchev–Trinajstić information content (AvgIpc) is 2.99. The summed E-state index contributed by atoms with van der Waals surface area (Å²) in [4.78, 5) is 0. The topological polar surface area (TPSA) is 21.3 Å². The van der Waals surface area contributed by atoms with Gasteiger partial charge >= 0.3 is 0 Å². The molecular formula is C15H19ClFNO. The van der Waals surface area contributed by atoms with Crippen molar-refractivity contribution in [3.05, 3.63) is 29.0 Å². The molecule has 104 valence electrons. The van der Waals surface area contributed by atoms with E-state index in [4.69, 9.17) is 16.3 Å². The summed E-state index contributed by atoms with van der Waals surface area (Å²) in [5.74, 6) is -0.305. The van der Waals surface area contributed by atoms with Crippen LogP contribution in [0.15, 0.2) is 18.2 Å². The smallest absolute Gasteiger partial charge is 0.147 e. The molecule has 1 unspecified atom stereocenters. The Morgan fingerprint density at radius 2 is 2.11 bits per heavy atom. The van der Waals surface area contributed by atoms with Crippen molar-refractivity contribution < 1.29 is 9.13 Å². The van der Waals surface area contributed by atoms with Gasteiger partial charge < -0.3 is 10.1 Å². The zero-order chi connectivity index (χ0) is 13.3. The Morgan fingerprint density at radius 3 is 2.84 bits per heavy atom. The van der Waals surface area contributed by atoms with Gasteiger partial charge in [0.1, 0.15) is 5.82 Å². The summed E-state index contributed by atoms with van der Waals surface area (Å²) in [5.41, 5.74) is 0.644. The van der Waals surface area contributed by atoms with Crippen LogP contribution >= 0.6 is 11.6 Å². The first kappa shape index (κ1) is 13.2. The standard InChI is InChI=1S/C15H19ClFNO/c16-11-3-4-14(13(17)9-11)18-10-12-5-8-15(19-12)6-1-2-7-15/h3-4,9,12,18H,1-2,5-8,10H2. The molecule has 4 heteroatoms. The van der Waals surface area contributed by atoms with Gasteiger partial charge in [0.05, 0.1) is 17.4 Å². The third-order valence-corrected chi connectivity index (χ3v) is 4.54. The first-order valence-corrected chi connectivity index (χ1v) is 7.41. The highest BCUT2D eigenvalue weighted by atomic mass is 35.5. The van der Waals surface area contributed by atoms with Crippen LogP contribution in [-0.4, -0.2) is 18.2 Å². The lowest BCUT2D eigenvalue weighted by atomic mass is 9.98. The Morgan fingerprint density at radius 1 is 1.32 bits per heavy atom. The molecule has 1 aliphatic heterocycles. The molecule has 1 heterocycles. The maximum atomic E-state index is 13.6. The lowest BCUT2D eigenvalue weighted by Gasteiger charge is -2.24. The van der Waals surface area contributed by atoms with Crippen molar-refractivity contribution in [2.75, 3.05) is 11.9 Å². The SMILES string of the molecule is Fc1cc(Cl)ccc1NCC1CCC2(CCCC2)O1. The molecule has 2 nitrogen and oxygen atoms in total. The van der Waals surface area contributed by atoms with E-state index in [0.717, 1.165) is 12.8 Å². The summed E-state index contributed by atoms with van der Waals surface area (Å²) in [6.07, 6.45) is 7.38. The highest BCUT2D eigenvalue weighted by Crippen LogP contribution is 2.43. The fourth-order valence-corrected chi connectivity index (χ4v) is 3.44. The maximum absolute atomic E-state index is 13.6. The fourth-order valence-electron chi connectivity index (χ4n) is 3.28. The second-order valence-corrected chi connectivity index (χ2v) is 6.11. The highest BCUT2D eigenvalue weighted by molar-refractivity contribution is 6.30. The number of benzene rings is 1. The van der Waals surface area contributed by atoms with E-state index in [1.807, 2.05) is 0 Å². The molecule has 3 rings (SSSR count). The van der Waals surface area contributed by atoms with Crippen LogP contribution in [0.3, 0.4) is 0 Å². The summed E-state index contributed by atoms with van der Waals surface area (Å²) in [6.45, 7) is 0.667. The Labute approximate surface area is 118 Å². The van der Waals surface area contributed by atoms with Gasteiger partial charge in [-0.2, -0.15) is 0 Å². The Kier molecular flexibility index (Phi) is 3.68.